The number of nitrogens with zero attached hydrogens (tertiary/aromatic N) is 1. The third-order valence-electron chi connectivity index (χ3n) is 2.31. The maximum Gasteiger partial charge on any atom is 0.178 e. The van der Waals surface area contributed by atoms with Crippen molar-refractivity contribution in [1.82, 2.24) is 0 Å². The first kappa shape index (κ1) is 14.7. The van der Waals surface area contributed by atoms with Crippen LogP contribution in [0.5, 0.6) is 0 Å². The van der Waals surface area contributed by atoms with Gasteiger partial charge < -0.3 is 0 Å². The molecule has 0 aliphatic heterocycles. The SMILES string of the molecule is CS(=O)(=O)c1ccc(S(=O)(=O)CCCC#N)cc1. The molecule has 0 atom stereocenters. The molecular formula is C11H13NO4S2. The van der Waals surface area contributed by atoms with Crippen molar-refractivity contribution >= 4 is 19.7 Å². The van der Waals surface area contributed by atoms with Crippen LogP contribution in [0.1, 0.15) is 12.8 Å². The van der Waals surface area contributed by atoms with Crippen LogP contribution in [0.25, 0.3) is 0 Å². The largest absolute Gasteiger partial charge is 0.224 e. The van der Waals surface area contributed by atoms with Crippen LogP contribution in [0, 0.1) is 11.3 Å². The lowest BCUT2D eigenvalue weighted by Gasteiger charge is -2.04. The Kier molecular flexibility index (Phi) is 4.48. The van der Waals surface area contributed by atoms with Gasteiger partial charge in [0.25, 0.3) is 0 Å². The van der Waals surface area contributed by atoms with Crippen LogP contribution >= 0.6 is 0 Å². The van der Waals surface area contributed by atoms with E-state index in [1.807, 2.05) is 6.07 Å². The highest BCUT2D eigenvalue weighted by atomic mass is 32.2. The second-order valence-corrected chi connectivity index (χ2v) is 7.95. The van der Waals surface area contributed by atoms with Gasteiger partial charge in [-0.1, -0.05) is 0 Å². The fourth-order valence-corrected chi connectivity index (χ4v) is 3.29. The summed E-state index contributed by atoms with van der Waals surface area (Å²) >= 11 is 0. The second-order valence-electron chi connectivity index (χ2n) is 3.82. The van der Waals surface area contributed by atoms with E-state index in [4.69, 9.17) is 5.26 Å². The Bertz CT molecular complexity index is 652. The summed E-state index contributed by atoms with van der Waals surface area (Å²) in [7, 11) is -6.76. The van der Waals surface area contributed by atoms with E-state index in [9.17, 15) is 16.8 Å². The maximum atomic E-state index is 11.8. The van der Waals surface area contributed by atoms with Crippen molar-refractivity contribution in [1.29, 1.82) is 5.26 Å². The molecule has 1 aromatic carbocycles. The molecule has 0 saturated heterocycles. The van der Waals surface area contributed by atoms with Gasteiger partial charge in [0.05, 0.1) is 21.6 Å². The Hall–Kier alpha value is -1.39. The Balaban J connectivity index is 2.96. The van der Waals surface area contributed by atoms with Crippen LogP contribution in [0.3, 0.4) is 0 Å². The molecule has 0 saturated carbocycles. The van der Waals surface area contributed by atoms with Gasteiger partial charge in [0, 0.05) is 12.7 Å². The van der Waals surface area contributed by atoms with Crippen LogP contribution in [0.4, 0.5) is 0 Å². The summed E-state index contributed by atoms with van der Waals surface area (Å²) in [6, 6.07) is 6.97. The number of hydrogen-bond acceptors (Lipinski definition) is 5. The fourth-order valence-electron chi connectivity index (χ4n) is 1.35. The summed E-state index contributed by atoms with van der Waals surface area (Å²) in [4.78, 5) is 0.159. The van der Waals surface area contributed by atoms with E-state index in [0.717, 1.165) is 6.26 Å². The zero-order valence-electron chi connectivity index (χ0n) is 9.83. The first-order valence-corrected chi connectivity index (χ1v) is 8.71. The molecule has 1 aromatic rings. The summed E-state index contributed by atoms with van der Waals surface area (Å²) in [5.74, 6) is -0.112. The average molecular weight is 287 g/mol. The Morgan fingerprint density at radius 1 is 1.06 bits per heavy atom. The van der Waals surface area contributed by atoms with E-state index in [2.05, 4.69) is 0 Å². The van der Waals surface area contributed by atoms with Gasteiger partial charge in [0.1, 0.15) is 0 Å². The molecule has 0 aromatic heterocycles. The van der Waals surface area contributed by atoms with Gasteiger partial charge in [-0.25, -0.2) is 16.8 Å². The predicted octanol–water partition coefficient (Wildman–Crippen LogP) is 1.17. The van der Waals surface area contributed by atoms with Gasteiger partial charge in [-0.2, -0.15) is 5.26 Å². The molecular weight excluding hydrogens is 274 g/mol. The lowest BCUT2D eigenvalue weighted by atomic mass is 10.4. The minimum absolute atomic E-state index is 0.0767. The Morgan fingerprint density at radius 3 is 2.00 bits per heavy atom. The van der Waals surface area contributed by atoms with Gasteiger partial charge in [-0.05, 0) is 30.7 Å². The number of benzene rings is 1. The molecule has 5 nitrogen and oxygen atoms in total. The minimum Gasteiger partial charge on any atom is -0.224 e. The molecule has 0 amide bonds. The number of nitriles is 1. The standard InChI is InChI=1S/C11H13NO4S2/c1-17(13,14)10-4-6-11(7-5-10)18(15,16)9-3-2-8-12/h4-7H,2-3,9H2,1H3. The van der Waals surface area contributed by atoms with Gasteiger partial charge in [0.15, 0.2) is 19.7 Å². The lowest BCUT2D eigenvalue weighted by molar-refractivity contribution is 0.592. The summed E-state index contributed by atoms with van der Waals surface area (Å²) in [5, 5.41) is 8.35. The van der Waals surface area contributed by atoms with Gasteiger partial charge >= 0.3 is 0 Å². The number of rotatable bonds is 5. The highest BCUT2D eigenvalue weighted by Gasteiger charge is 2.15. The third-order valence-corrected chi connectivity index (χ3v) is 5.26. The van der Waals surface area contributed by atoms with E-state index >= 15 is 0 Å². The van der Waals surface area contributed by atoms with Crippen LogP contribution in [0.15, 0.2) is 34.1 Å². The topological polar surface area (TPSA) is 92.1 Å². The van der Waals surface area contributed by atoms with Crippen molar-refractivity contribution in [2.24, 2.45) is 0 Å². The van der Waals surface area contributed by atoms with E-state index in [-0.39, 0.29) is 28.4 Å². The van der Waals surface area contributed by atoms with E-state index in [1.165, 1.54) is 24.3 Å². The average Bonchev–Trinajstić information content (AvgIpc) is 2.28. The van der Waals surface area contributed by atoms with Crippen molar-refractivity contribution < 1.29 is 16.8 Å². The molecule has 7 heteroatoms. The molecule has 0 heterocycles. The zero-order valence-corrected chi connectivity index (χ0v) is 11.5. The second kappa shape index (κ2) is 5.50. The van der Waals surface area contributed by atoms with Crippen LogP contribution in [-0.4, -0.2) is 28.8 Å². The highest BCUT2D eigenvalue weighted by Crippen LogP contribution is 2.16. The molecule has 0 radical (unpaired) electrons. The molecule has 0 aliphatic carbocycles. The molecule has 0 bridgehead atoms. The smallest absolute Gasteiger partial charge is 0.178 e. The monoisotopic (exact) mass is 287 g/mol. The predicted molar refractivity (Wildman–Crippen MR) is 66.5 cm³/mol. The zero-order chi connectivity index (χ0) is 13.8. The lowest BCUT2D eigenvalue weighted by Crippen LogP contribution is -2.07. The van der Waals surface area contributed by atoms with Crippen molar-refractivity contribution in [2.75, 3.05) is 12.0 Å². The number of hydrogen-bond donors (Lipinski definition) is 0. The Morgan fingerprint density at radius 2 is 1.56 bits per heavy atom. The Labute approximate surface area is 107 Å². The van der Waals surface area contributed by atoms with Crippen molar-refractivity contribution in [3.05, 3.63) is 24.3 Å². The normalized spacial score (nSPS) is 12.0. The van der Waals surface area contributed by atoms with Crippen molar-refractivity contribution in [3.63, 3.8) is 0 Å². The van der Waals surface area contributed by atoms with Crippen LogP contribution in [-0.2, 0) is 19.7 Å². The van der Waals surface area contributed by atoms with Crippen molar-refractivity contribution in [2.45, 2.75) is 22.6 Å². The maximum absolute atomic E-state index is 11.8. The number of unbranched alkanes of at least 4 members (excludes halogenated alkanes) is 1. The molecule has 0 fully saturated rings. The van der Waals surface area contributed by atoms with Crippen LogP contribution in [0.2, 0.25) is 0 Å². The fraction of sp³-hybridized carbons (Fsp3) is 0.364. The summed E-state index contributed by atoms with van der Waals surface area (Å²) in [5.41, 5.74) is 0. The van der Waals surface area contributed by atoms with Crippen molar-refractivity contribution in [3.8, 4) is 6.07 Å². The highest BCUT2D eigenvalue weighted by molar-refractivity contribution is 7.91. The van der Waals surface area contributed by atoms with Gasteiger partial charge in [0.2, 0.25) is 0 Å². The van der Waals surface area contributed by atoms with Crippen LogP contribution < -0.4 is 0 Å². The summed E-state index contributed by atoms with van der Waals surface area (Å²) < 4.78 is 46.1. The van der Waals surface area contributed by atoms with Gasteiger partial charge in [-0.3, -0.25) is 0 Å². The summed E-state index contributed by atoms with van der Waals surface area (Å²) in [6.07, 6.45) is 1.51. The molecule has 1 rings (SSSR count). The molecule has 0 N–H and O–H groups in total. The first-order valence-electron chi connectivity index (χ1n) is 5.17. The molecule has 18 heavy (non-hydrogen) atoms. The molecule has 0 unspecified atom stereocenters. The van der Waals surface area contributed by atoms with Gasteiger partial charge in [-0.15, -0.1) is 0 Å². The quantitative estimate of drug-likeness (QED) is 0.758. The van der Waals surface area contributed by atoms with E-state index in [0.29, 0.717) is 0 Å². The first-order chi connectivity index (χ1) is 8.27. The van der Waals surface area contributed by atoms with E-state index < -0.39 is 19.7 Å². The molecule has 98 valence electrons. The summed E-state index contributed by atoms with van der Waals surface area (Å²) in [6.45, 7) is 0. The van der Waals surface area contributed by atoms with E-state index in [1.54, 1.807) is 0 Å². The molecule has 0 spiro atoms. The third kappa shape index (κ3) is 3.82. The minimum atomic E-state index is -3.44. The number of sulfone groups is 2. The molecule has 0 aliphatic rings.